The molecule has 0 fully saturated rings. The van der Waals surface area contributed by atoms with Gasteiger partial charge in [-0.3, -0.25) is 0 Å². The Hall–Kier alpha value is -6.96. The van der Waals surface area contributed by atoms with Crippen LogP contribution in [0.3, 0.4) is 0 Å². The predicted octanol–water partition coefficient (Wildman–Crippen LogP) is 14.7. The molecule has 1 atom stereocenters. The van der Waals surface area contributed by atoms with Crippen LogP contribution in [0.25, 0.3) is 98.4 Å². The van der Waals surface area contributed by atoms with Crippen molar-refractivity contribution < 1.29 is 15.4 Å². The number of benzene rings is 10. The lowest BCUT2D eigenvalue weighted by Gasteiger charge is -2.20. The summed E-state index contributed by atoms with van der Waals surface area (Å²) in [5.41, 5.74) is 8.41. The van der Waals surface area contributed by atoms with Crippen molar-refractivity contribution in [1.82, 2.24) is 0 Å². The first-order valence-corrected chi connectivity index (χ1v) is 18.1. The highest BCUT2D eigenvalue weighted by Gasteiger charge is 2.33. The van der Waals surface area contributed by atoms with Gasteiger partial charge in [0.1, 0.15) is 11.2 Å². The van der Waals surface area contributed by atoms with Gasteiger partial charge in [0, 0.05) is 22.3 Å². The van der Waals surface area contributed by atoms with Gasteiger partial charge in [0.05, 0.1) is 11.0 Å². The van der Waals surface area contributed by atoms with E-state index in [-0.39, 0.29) is 51.6 Å². The quantitative estimate of drug-likeness (QED) is 0.168. The molecule has 1 nitrogen and oxygen atoms in total. The number of hydrogen-bond acceptors (Lipinski definition) is 1. The zero-order valence-electron chi connectivity index (χ0n) is 36.8. The van der Waals surface area contributed by atoms with Gasteiger partial charge in [0.2, 0.25) is 0 Å². The minimum atomic E-state index is -0.441. The summed E-state index contributed by atoms with van der Waals surface area (Å²) >= 11 is 0. The minimum Gasteiger partial charge on any atom is -0.456 e. The van der Waals surface area contributed by atoms with E-state index >= 15 is 0 Å². The van der Waals surface area contributed by atoms with E-state index in [9.17, 15) is 5.48 Å². The summed E-state index contributed by atoms with van der Waals surface area (Å²) in [7, 11) is 0. The third kappa shape index (κ3) is 4.10. The second-order valence-electron chi connectivity index (χ2n) is 14.1. The minimum absolute atomic E-state index is 0.166. The second-order valence-corrected chi connectivity index (χ2v) is 14.1. The Morgan fingerprint density at radius 3 is 1.72 bits per heavy atom. The first-order chi connectivity index (χ1) is 30.1. The van der Waals surface area contributed by atoms with Crippen molar-refractivity contribution >= 4 is 65.0 Å². The molecule has 54 heavy (non-hydrogen) atoms. The summed E-state index contributed by atoms with van der Waals surface area (Å²) < 4.78 is 81.5. The number of para-hydroxylation sites is 1. The molecular weight excluding hydrogens is 653 g/mol. The third-order valence-electron chi connectivity index (χ3n) is 11.4. The highest BCUT2D eigenvalue weighted by atomic mass is 16.3. The molecule has 250 valence electrons. The Labute approximate surface area is 323 Å². The van der Waals surface area contributed by atoms with Crippen molar-refractivity contribution in [2.75, 3.05) is 0 Å². The fourth-order valence-corrected chi connectivity index (χ4v) is 9.12. The number of fused-ring (bicyclic) bond motifs is 10. The van der Waals surface area contributed by atoms with Gasteiger partial charge >= 0.3 is 0 Å². The Bertz CT molecular complexity index is 3730. The molecule has 12 rings (SSSR count). The van der Waals surface area contributed by atoms with Crippen LogP contribution >= 0.6 is 0 Å². The molecule has 0 bridgehead atoms. The molecule has 0 amide bonds. The Morgan fingerprint density at radius 2 is 0.963 bits per heavy atom. The molecule has 10 aromatic carbocycles. The summed E-state index contributed by atoms with van der Waals surface area (Å²) in [4.78, 5) is 0. The smallest absolute Gasteiger partial charge is 0.140 e. The predicted molar refractivity (Wildman–Crippen MR) is 227 cm³/mol. The van der Waals surface area contributed by atoms with E-state index in [0.29, 0.717) is 38.8 Å². The van der Waals surface area contributed by atoms with E-state index in [2.05, 4.69) is 48.5 Å². The van der Waals surface area contributed by atoms with Gasteiger partial charge in [-0.15, -0.1) is 0 Å². The van der Waals surface area contributed by atoms with Crippen LogP contribution in [0.2, 0.25) is 0 Å². The normalized spacial score (nSPS) is 15.8. The van der Waals surface area contributed by atoms with Gasteiger partial charge in [-0.05, 0) is 106 Å². The van der Waals surface area contributed by atoms with Gasteiger partial charge in [-0.1, -0.05) is 170 Å². The van der Waals surface area contributed by atoms with Gasteiger partial charge in [0.15, 0.2) is 0 Å². The van der Waals surface area contributed by atoms with Crippen LogP contribution in [0, 0.1) is 0 Å². The SMILES string of the molecule is [2H]c1c([2H])c([2H])c2c(-c3ccc(C4c5ccccc5-c5cc6ccccc6cc54)c4oc5ccccc5c34)c3c([2H])c([2H])c([2H])c([2H])c3c(-c3cccc4ccccc34)c2c1[2H]. The molecule has 1 aromatic heterocycles. The molecule has 1 heteroatoms. The van der Waals surface area contributed by atoms with Crippen LogP contribution in [0.1, 0.15) is 33.6 Å². The van der Waals surface area contributed by atoms with E-state index in [4.69, 9.17) is 9.90 Å². The van der Waals surface area contributed by atoms with Crippen molar-refractivity contribution in [3.63, 3.8) is 0 Å². The van der Waals surface area contributed by atoms with Crippen molar-refractivity contribution in [2.24, 2.45) is 0 Å². The van der Waals surface area contributed by atoms with Crippen LogP contribution in [0.5, 0.6) is 0 Å². The Morgan fingerprint density at radius 1 is 0.389 bits per heavy atom. The molecule has 1 aliphatic carbocycles. The third-order valence-corrected chi connectivity index (χ3v) is 11.4. The standard InChI is InChI=1S/C53H32O/c1-2-16-34-31-47-46(30-33(34)15-1)36-19-5-6-20-38(36)51(47)45-29-28-44(52-43-25-11-12-27-48(43)54-53(45)52)50-41-23-9-7-21-39(41)49(40-22-8-10-24-42(40)50)37-26-13-17-32-14-3-4-18-35(32)37/h1-31,51H/i7D,8D,9D,10D,21D,22D,23D,24D. The zero-order chi connectivity index (χ0) is 42.3. The lowest BCUT2D eigenvalue weighted by molar-refractivity contribution is 0.661. The first kappa shape index (κ1) is 22.9. The average Bonchev–Trinajstić information content (AvgIpc) is 3.85. The summed E-state index contributed by atoms with van der Waals surface area (Å²) in [6.45, 7) is 0. The second kappa shape index (κ2) is 11.3. The van der Waals surface area contributed by atoms with Crippen molar-refractivity contribution in [3.05, 3.63) is 205 Å². The molecular formula is C53H32O. The van der Waals surface area contributed by atoms with Gasteiger partial charge in [-0.25, -0.2) is 0 Å². The average molecular weight is 693 g/mol. The molecule has 1 heterocycles. The van der Waals surface area contributed by atoms with Crippen LogP contribution < -0.4 is 0 Å². The Balaban J connectivity index is 1.28. The van der Waals surface area contributed by atoms with E-state index in [0.717, 1.165) is 54.7 Å². The molecule has 1 unspecified atom stereocenters. The van der Waals surface area contributed by atoms with E-state index < -0.39 is 24.2 Å². The molecule has 0 saturated carbocycles. The lowest BCUT2D eigenvalue weighted by atomic mass is 9.82. The molecule has 0 aliphatic heterocycles. The fraction of sp³-hybridized carbons (Fsp3) is 0.0189. The molecule has 0 saturated heterocycles. The van der Waals surface area contributed by atoms with E-state index in [1.807, 2.05) is 91.0 Å². The largest absolute Gasteiger partial charge is 0.456 e. The molecule has 11 aromatic rings. The van der Waals surface area contributed by atoms with Gasteiger partial charge in [-0.2, -0.15) is 0 Å². The van der Waals surface area contributed by atoms with Gasteiger partial charge < -0.3 is 4.42 Å². The molecule has 0 N–H and O–H groups in total. The summed E-state index contributed by atoms with van der Waals surface area (Å²) in [6.07, 6.45) is 0. The monoisotopic (exact) mass is 692 g/mol. The molecule has 1 aliphatic rings. The van der Waals surface area contributed by atoms with Crippen molar-refractivity contribution in [1.29, 1.82) is 0 Å². The van der Waals surface area contributed by atoms with Crippen molar-refractivity contribution in [3.8, 4) is 33.4 Å². The van der Waals surface area contributed by atoms with Crippen LogP contribution in [0.15, 0.2) is 192 Å². The van der Waals surface area contributed by atoms with Crippen molar-refractivity contribution in [2.45, 2.75) is 5.92 Å². The summed E-state index contributed by atoms with van der Waals surface area (Å²) in [5.74, 6) is -0.222. The highest BCUT2D eigenvalue weighted by Crippen LogP contribution is 2.54. The highest BCUT2D eigenvalue weighted by molar-refractivity contribution is 6.27. The van der Waals surface area contributed by atoms with Crippen LogP contribution in [-0.4, -0.2) is 0 Å². The summed E-state index contributed by atoms with van der Waals surface area (Å²) in [5, 5.41) is 6.06. The zero-order valence-corrected chi connectivity index (χ0v) is 28.8. The number of hydrogen-bond donors (Lipinski definition) is 0. The molecule has 0 spiro atoms. The van der Waals surface area contributed by atoms with Crippen LogP contribution in [-0.2, 0) is 0 Å². The summed E-state index contributed by atoms with van der Waals surface area (Å²) in [6, 6.07) is 43.4. The maximum absolute atomic E-state index is 9.67. The number of furan rings is 1. The maximum atomic E-state index is 9.67. The molecule has 0 radical (unpaired) electrons. The first-order valence-electron chi connectivity index (χ1n) is 22.1. The maximum Gasteiger partial charge on any atom is 0.140 e. The number of rotatable bonds is 3. The van der Waals surface area contributed by atoms with Gasteiger partial charge in [0.25, 0.3) is 0 Å². The fourth-order valence-electron chi connectivity index (χ4n) is 9.12. The van der Waals surface area contributed by atoms with E-state index in [1.165, 1.54) is 0 Å². The Kier molecular flexibility index (Phi) is 4.77. The van der Waals surface area contributed by atoms with E-state index in [1.54, 1.807) is 0 Å². The lowest BCUT2D eigenvalue weighted by Crippen LogP contribution is -2.00. The topological polar surface area (TPSA) is 13.1 Å². The van der Waals surface area contributed by atoms with Crippen LogP contribution in [0.4, 0.5) is 0 Å².